The van der Waals surface area contributed by atoms with E-state index in [-0.39, 0.29) is 19.0 Å². The number of carbonyl (C=O) groups is 1. The molecule has 7 rings (SSSR count). The van der Waals surface area contributed by atoms with Crippen LogP contribution in [-0.2, 0) is 9.53 Å². The Hall–Kier alpha value is -4.28. The van der Waals surface area contributed by atoms with Crippen LogP contribution in [0, 0.1) is 0 Å². The summed E-state index contributed by atoms with van der Waals surface area (Å²) in [7, 11) is 2.06. The first kappa shape index (κ1) is 25.7. The third-order valence-corrected chi connectivity index (χ3v) is 9.41. The molecule has 1 atom stereocenters. The van der Waals surface area contributed by atoms with Crippen molar-refractivity contribution in [3.05, 3.63) is 103 Å². The molecule has 3 aliphatic rings. The number of hydrogen-bond donors (Lipinski definition) is 0. The molecule has 0 unspecified atom stereocenters. The maximum atomic E-state index is 14.0. The van der Waals surface area contributed by atoms with Gasteiger partial charge in [0, 0.05) is 16.8 Å². The maximum absolute atomic E-state index is 14.0. The lowest BCUT2D eigenvalue weighted by Gasteiger charge is -2.29. The van der Waals surface area contributed by atoms with Gasteiger partial charge >= 0.3 is 5.97 Å². The zero-order chi connectivity index (χ0) is 28.2. The van der Waals surface area contributed by atoms with Crippen molar-refractivity contribution in [2.24, 2.45) is 4.99 Å². The van der Waals surface area contributed by atoms with E-state index >= 15 is 0 Å². The molecule has 1 aromatic heterocycles. The van der Waals surface area contributed by atoms with E-state index in [4.69, 9.17) is 14.2 Å². The van der Waals surface area contributed by atoms with Crippen molar-refractivity contribution in [1.29, 1.82) is 0 Å². The van der Waals surface area contributed by atoms with Gasteiger partial charge in [0.15, 0.2) is 16.3 Å². The molecule has 0 saturated heterocycles. The second-order valence-electron chi connectivity index (χ2n) is 9.77. The molecule has 0 N–H and O–H groups in total. The van der Waals surface area contributed by atoms with E-state index in [0.717, 1.165) is 16.1 Å². The molecule has 3 aromatic carbocycles. The fraction of sp³-hybridized carbons (Fsp3) is 0.194. The number of allylic oxidation sites excluding steroid dienone is 1. The highest BCUT2D eigenvalue weighted by atomic mass is 32.2. The van der Waals surface area contributed by atoms with Crippen LogP contribution in [0.3, 0.4) is 0 Å². The van der Waals surface area contributed by atoms with E-state index in [1.807, 2.05) is 36.4 Å². The summed E-state index contributed by atoms with van der Waals surface area (Å²) in [6.07, 6.45) is 1.89. The summed E-state index contributed by atoms with van der Waals surface area (Å²) in [5.74, 6) is 0.695. The first-order chi connectivity index (χ1) is 19.9. The fourth-order valence-corrected chi connectivity index (χ4v) is 7.63. The number of esters is 1. The Morgan fingerprint density at radius 2 is 1.88 bits per heavy atom. The smallest absolute Gasteiger partial charge is 0.338 e. The number of ether oxygens (including phenoxy) is 3. The predicted molar refractivity (Wildman–Crippen MR) is 158 cm³/mol. The molecular formula is C31H25N3O5S2. The standard InChI is InChI=1S/C31H25N3O5S2/c1-4-37-30(36)27-17(2)32-31-34(28(27)19-10-12-22-23(15-19)39-16-38-22)29(35)26(41-31)14-18-9-11-21-25(13-18)40-24-8-6-5-7-20(24)33(21)3/h5-15,28H,4,16H2,1-3H3/b26-14+/t28-/m1/s1. The monoisotopic (exact) mass is 583 g/mol. The Labute approximate surface area is 243 Å². The number of nitrogens with zero attached hydrogens (tertiary/aromatic N) is 3. The fourth-order valence-electron chi connectivity index (χ4n) is 5.39. The Bertz CT molecular complexity index is 1960. The van der Waals surface area contributed by atoms with Crippen LogP contribution in [0.1, 0.15) is 31.0 Å². The molecule has 10 heteroatoms. The Balaban J connectivity index is 1.35. The molecule has 41 heavy (non-hydrogen) atoms. The lowest BCUT2D eigenvalue weighted by Crippen LogP contribution is -2.39. The lowest BCUT2D eigenvalue weighted by atomic mass is 9.95. The van der Waals surface area contributed by atoms with Gasteiger partial charge in [0.1, 0.15) is 0 Å². The van der Waals surface area contributed by atoms with E-state index in [9.17, 15) is 9.59 Å². The highest BCUT2D eigenvalue weighted by Crippen LogP contribution is 2.47. The molecule has 0 spiro atoms. The number of carbonyl (C=O) groups excluding carboxylic acids is 1. The van der Waals surface area contributed by atoms with Crippen LogP contribution in [0.15, 0.2) is 91.5 Å². The van der Waals surface area contributed by atoms with Gasteiger partial charge in [-0.2, -0.15) is 0 Å². The van der Waals surface area contributed by atoms with Crippen molar-refractivity contribution in [3.8, 4) is 11.5 Å². The molecule has 0 radical (unpaired) electrons. The van der Waals surface area contributed by atoms with Crippen molar-refractivity contribution in [3.63, 3.8) is 0 Å². The van der Waals surface area contributed by atoms with Gasteiger partial charge in [0.25, 0.3) is 5.56 Å². The Morgan fingerprint density at radius 1 is 1.07 bits per heavy atom. The van der Waals surface area contributed by atoms with Crippen molar-refractivity contribution >= 4 is 46.5 Å². The molecule has 8 nitrogen and oxygen atoms in total. The zero-order valence-corrected chi connectivity index (χ0v) is 24.2. The van der Waals surface area contributed by atoms with Gasteiger partial charge in [0.05, 0.1) is 39.8 Å². The number of benzene rings is 3. The summed E-state index contributed by atoms with van der Waals surface area (Å²) in [6.45, 7) is 3.87. The summed E-state index contributed by atoms with van der Waals surface area (Å²) in [4.78, 5) is 36.9. The van der Waals surface area contributed by atoms with Crippen molar-refractivity contribution in [2.45, 2.75) is 29.7 Å². The SMILES string of the molecule is CCOC(=O)C1=C(C)N=c2s/c(=C/c3ccc4c(c3)Sc3ccccc3N4C)c(=O)n2[C@@H]1c1ccc2c(c1)OCO2. The number of aromatic nitrogens is 1. The second kappa shape index (κ2) is 9.97. The van der Waals surface area contributed by atoms with Crippen LogP contribution < -0.4 is 29.3 Å². The third-order valence-electron chi connectivity index (χ3n) is 7.32. The molecule has 0 fully saturated rings. The molecule has 4 heterocycles. The highest BCUT2D eigenvalue weighted by molar-refractivity contribution is 7.99. The average molecular weight is 584 g/mol. The van der Waals surface area contributed by atoms with E-state index in [2.05, 4.69) is 41.2 Å². The second-order valence-corrected chi connectivity index (χ2v) is 11.9. The predicted octanol–water partition coefficient (Wildman–Crippen LogP) is 4.76. The van der Waals surface area contributed by atoms with Crippen molar-refractivity contribution in [2.75, 3.05) is 25.3 Å². The number of anilines is 2. The minimum Gasteiger partial charge on any atom is -0.463 e. The minimum atomic E-state index is -0.716. The molecule has 0 saturated carbocycles. The molecule has 206 valence electrons. The Kier molecular flexibility index (Phi) is 6.24. The first-order valence-electron chi connectivity index (χ1n) is 13.2. The van der Waals surface area contributed by atoms with Gasteiger partial charge < -0.3 is 19.1 Å². The van der Waals surface area contributed by atoms with Gasteiger partial charge in [-0.3, -0.25) is 9.36 Å². The quantitative estimate of drug-likeness (QED) is 0.321. The van der Waals surface area contributed by atoms with E-state index < -0.39 is 12.0 Å². The number of rotatable bonds is 4. The summed E-state index contributed by atoms with van der Waals surface area (Å²) in [5.41, 5.74) is 4.54. The third kappa shape index (κ3) is 4.25. The van der Waals surface area contributed by atoms with Gasteiger partial charge in [0.2, 0.25) is 6.79 Å². The normalized spacial score (nSPS) is 17.1. The number of hydrogen-bond acceptors (Lipinski definition) is 9. The van der Waals surface area contributed by atoms with Gasteiger partial charge in [-0.25, -0.2) is 9.79 Å². The summed E-state index contributed by atoms with van der Waals surface area (Å²) >= 11 is 3.02. The maximum Gasteiger partial charge on any atom is 0.338 e. The molecule has 3 aliphatic heterocycles. The Morgan fingerprint density at radius 3 is 2.73 bits per heavy atom. The number of para-hydroxylation sites is 1. The highest BCUT2D eigenvalue weighted by Gasteiger charge is 2.34. The van der Waals surface area contributed by atoms with Gasteiger partial charge in [-0.1, -0.05) is 47.4 Å². The number of fused-ring (bicyclic) bond motifs is 4. The molecular weight excluding hydrogens is 558 g/mol. The van der Waals surface area contributed by atoms with Crippen molar-refractivity contribution < 1.29 is 19.0 Å². The molecule has 0 amide bonds. The minimum absolute atomic E-state index is 0.127. The van der Waals surface area contributed by atoms with Gasteiger partial charge in [-0.05, 0) is 67.4 Å². The van der Waals surface area contributed by atoms with Crippen LogP contribution in [0.4, 0.5) is 11.4 Å². The van der Waals surface area contributed by atoms with Crippen LogP contribution >= 0.6 is 23.1 Å². The van der Waals surface area contributed by atoms with Crippen LogP contribution in [0.2, 0.25) is 0 Å². The van der Waals surface area contributed by atoms with E-state index in [0.29, 0.717) is 37.7 Å². The summed E-state index contributed by atoms with van der Waals surface area (Å²) < 4.78 is 18.6. The van der Waals surface area contributed by atoms with Crippen molar-refractivity contribution in [1.82, 2.24) is 4.57 Å². The molecule has 0 aliphatic carbocycles. The van der Waals surface area contributed by atoms with Crippen LogP contribution in [-0.4, -0.2) is 31.0 Å². The number of thiazole rings is 1. The summed E-state index contributed by atoms with van der Waals surface area (Å²) in [6, 6.07) is 19.3. The molecule has 4 aromatic rings. The first-order valence-corrected chi connectivity index (χ1v) is 14.8. The van der Waals surface area contributed by atoms with Crippen LogP contribution in [0.5, 0.6) is 11.5 Å². The molecule has 0 bridgehead atoms. The van der Waals surface area contributed by atoms with Crippen LogP contribution in [0.25, 0.3) is 6.08 Å². The van der Waals surface area contributed by atoms with E-state index in [1.54, 1.807) is 36.2 Å². The average Bonchev–Trinajstić information content (AvgIpc) is 3.56. The van der Waals surface area contributed by atoms with Gasteiger partial charge in [-0.15, -0.1) is 0 Å². The largest absolute Gasteiger partial charge is 0.463 e. The lowest BCUT2D eigenvalue weighted by molar-refractivity contribution is -0.139. The topological polar surface area (TPSA) is 82.4 Å². The van der Waals surface area contributed by atoms with E-state index in [1.165, 1.54) is 21.9 Å². The zero-order valence-electron chi connectivity index (χ0n) is 22.5. The summed E-state index contributed by atoms with van der Waals surface area (Å²) in [5, 5.41) is 0.